The van der Waals surface area contributed by atoms with E-state index in [2.05, 4.69) is 20.6 Å². The maximum atomic E-state index is 11.7. The molecule has 1 aromatic heterocycles. The molecule has 1 rings (SSSR count). The summed E-state index contributed by atoms with van der Waals surface area (Å²) >= 11 is 0. The van der Waals surface area contributed by atoms with Gasteiger partial charge in [-0.3, -0.25) is 9.78 Å². The van der Waals surface area contributed by atoms with Gasteiger partial charge >= 0.3 is 5.97 Å². The largest absolute Gasteiger partial charge is 0.459 e. The Kier molecular flexibility index (Phi) is 6.65. The van der Waals surface area contributed by atoms with Crippen LogP contribution in [0, 0.1) is 0 Å². The summed E-state index contributed by atoms with van der Waals surface area (Å²) in [6.07, 6.45) is 1.73. The fraction of sp³-hybridized carbons (Fsp3) is 0.533. The summed E-state index contributed by atoms with van der Waals surface area (Å²) in [5.74, 6) is 0.250. The zero-order chi connectivity index (χ0) is 15.7. The van der Waals surface area contributed by atoms with Gasteiger partial charge in [0.2, 0.25) is 0 Å². The van der Waals surface area contributed by atoms with Crippen molar-refractivity contribution in [2.75, 3.05) is 13.1 Å². The van der Waals surface area contributed by atoms with E-state index >= 15 is 0 Å². The van der Waals surface area contributed by atoms with Gasteiger partial charge in [0.15, 0.2) is 5.96 Å². The predicted molar refractivity (Wildman–Crippen MR) is 82.9 cm³/mol. The van der Waals surface area contributed by atoms with Crippen molar-refractivity contribution in [3.63, 3.8) is 0 Å². The van der Waals surface area contributed by atoms with E-state index < -0.39 is 5.60 Å². The number of guanidine groups is 1. The Hall–Kier alpha value is -2.11. The van der Waals surface area contributed by atoms with Crippen molar-refractivity contribution >= 4 is 11.9 Å². The molecule has 116 valence electrons. The van der Waals surface area contributed by atoms with Crippen LogP contribution < -0.4 is 10.6 Å². The number of hydrogen-bond donors (Lipinski definition) is 2. The Bertz CT molecular complexity index is 466. The van der Waals surface area contributed by atoms with Crippen molar-refractivity contribution in [1.82, 2.24) is 15.6 Å². The quantitative estimate of drug-likeness (QED) is 0.488. The van der Waals surface area contributed by atoms with Crippen molar-refractivity contribution < 1.29 is 9.53 Å². The summed E-state index contributed by atoms with van der Waals surface area (Å²) in [7, 11) is 0. The Morgan fingerprint density at radius 1 is 1.33 bits per heavy atom. The predicted octanol–water partition coefficient (Wildman–Crippen LogP) is 1.48. The molecule has 0 saturated carbocycles. The fourth-order valence-electron chi connectivity index (χ4n) is 1.53. The van der Waals surface area contributed by atoms with Gasteiger partial charge in [-0.05, 0) is 39.8 Å². The average Bonchev–Trinajstić information content (AvgIpc) is 2.41. The summed E-state index contributed by atoms with van der Waals surface area (Å²) < 4.78 is 5.23. The highest BCUT2D eigenvalue weighted by molar-refractivity contribution is 5.84. The molecule has 0 aliphatic rings. The molecular weight excluding hydrogens is 268 g/mol. The van der Waals surface area contributed by atoms with E-state index in [0.717, 1.165) is 5.69 Å². The van der Waals surface area contributed by atoms with E-state index in [0.29, 0.717) is 19.0 Å². The van der Waals surface area contributed by atoms with Crippen LogP contribution in [0.1, 0.15) is 33.4 Å². The highest BCUT2D eigenvalue weighted by Gasteiger charge is 2.16. The highest BCUT2D eigenvalue weighted by atomic mass is 16.6. The van der Waals surface area contributed by atoms with E-state index in [1.807, 2.05) is 45.9 Å². The van der Waals surface area contributed by atoms with Crippen molar-refractivity contribution in [3.05, 3.63) is 30.1 Å². The smallest absolute Gasteiger partial charge is 0.325 e. The lowest BCUT2D eigenvalue weighted by molar-refractivity contribution is -0.153. The first-order chi connectivity index (χ1) is 9.90. The third-order valence-corrected chi connectivity index (χ3v) is 2.29. The zero-order valence-electron chi connectivity index (χ0n) is 13.1. The minimum absolute atomic E-state index is 0.0747. The number of rotatable bonds is 5. The second kappa shape index (κ2) is 8.24. The number of nitrogens with zero attached hydrogens (tertiary/aromatic N) is 2. The molecule has 6 nitrogen and oxygen atoms in total. The molecule has 6 heteroatoms. The molecule has 0 atom stereocenters. The zero-order valence-corrected chi connectivity index (χ0v) is 13.1. The number of nitrogens with one attached hydrogen (secondary N) is 2. The maximum absolute atomic E-state index is 11.7. The first-order valence-corrected chi connectivity index (χ1v) is 7.04. The van der Waals surface area contributed by atoms with E-state index in [1.54, 1.807) is 6.20 Å². The topological polar surface area (TPSA) is 75.6 Å². The van der Waals surface area contributed by atoms with Crippen LogP contribution >= 0.6 is 0 Å². The van der Waals surface area contributed by atoms with Crippen LogP contribution in [0.3, 0.4) is 0 Å². The van der Waals surface area contributed by atoms with Gasteiger partial charge in [0.25, 0.3) is 0 Å². The van der Waals surface area contributed by atoms with Crippen molar-refractivity contribution in [1.29, 1.82) is 0 Å². The molecule has 0 spiro atoms. The summed E-state index contributed by atoms with van der Waals surface area (Å²) in [5, 5.41) is 6.02. The number of ether oxygens (including phenoxy) is 1. The molecule has 0 fully saturated rings. The summed E-state index contributed by atoms with van der Waals surface area (Å²) in [6, 6.07) is 5.68. The number of aliphatic imine (C=N–C) groups is 1. The Morgan fingerprint density at radius 2 is 2.10 bits per heavy atom. The number of pyridine rings is 1. The van der Waals surface area contributed by atoms with Gasteiger partial charge in [0, 0.05) is 12.7 Å². The first-order valence-electron chi connectivity index (χ1n) is 7.04. The summed E-state index contributed by atoms with van der Waals surface area (Å²) in [6.45, 7) is 8.71. The standard InChI is InChI=1S/C15H24N4O2/c1-5-16-14(18-10-12-8-6-7-9-17-12)19-11-13(20)21-15(2,3)4/h6-9H,5,10-11H2,1-4H3,(H2,16,18,19). The van der Waals surface area contributed by atoms with Gasteiger partial charge < -0.3 is 15.4 Å². The molecule has 0 aromatic carbocycles. The van der Waals surface area contributed by atoms with Gasteiger partial charge in [0.1, 0.15) is 12.1 Å². The Morgan fingerprint density at radius 3 is 2.67 bits per heavy atom. The van der Waals surface area contributed by atoms with Gasteiger partial charge in [-0.15, -0.1) is 0 Å². The molecule has 0 amide bonds. The van der Waals surface area contributed by atoms with Crippen LogP contribution in [0.2, 0.25) is 0 Å². The number of carbonyl (C=O) groups excluding carboxylic acids is 1. The molecule has 2 N–H and O–H groups in total. The normalized spacial score (nSPS) is 11.9. The maximum Gasteiger partial charge on any atom is 0.325 e. The van der Waals surface area contributed by atoms with E-state index in [4.69, 9.17) is 4.74 Å². The number of aromatic nitrogens is 1. The molecule has 1 aromatic rings. The van der Waals surface area contributed by atoms with E-state index in [9.17, 15) is 4.79 Å². The lowest BCUT2D eigenvalue weighted by Gasteiger charge is -2.20. The summed E-state index contributed by atoms with van der Waals surface area (Å²) in [4.78, 5) is 20.2. The van der Waals surface area contributed by atoms with Gasteiger partial charge in [-0.1, -0.05) is 6.07 Å². The minimum Gasteiger partial charge on any atom is -0.459 e. The van der Waals surface area contributed by atoms with Crippen molar-refractivity contribution in [3.8, 4) is 0 Å². The Labute approximate surface area is 126 Å². The molecule has 21 heavy (non-hydrogen) atoms. The number of hydrogen-bond acceptors (Lipinski definition) is 4. The molecule has 0 aliphatic heterocycles. The summed E-state index contributed by atoms with van der Waals surface area (Å²) in [5.41, 5.74) is 0.384. The van der Waals surface area contributed by atoms with Crippen LogP contribution in [0.4, 0.5) is 0 Å². The molecule has 0 unspecified atom stereocenters. The SMILES string of the molecule is CCNC(=NCc1ccccn1)NCC(=O)OC(C)(C)C. The van der Waals surface area contributed by atoms with E-state index in [1.165, 1.54) is 0 Å². The second-order valence-electron chi connectivity index (χ2n) is 5.46. The van der Waals surface area contributed by atoms with E-state index in [-0.39, 0.29) is 12.5 Å². The number of esters is 1. The molecule has 0 radical (unpaired) electrons. The Balaban J connectivity index is 2.51. The third-order valence-electron chi connectivity index (χ3n) is 2.29. The lowest BCUT2D eigenvalue weighted by Crippen LogP contribution is -2.41. The van der Waals surface area contributed by atoms with Crippen LogP contribution in [0.25, 0.3) is 0 Å². The van der Waals surface area contributed by atoms with Crippen molar-refractivity contribution in [2.45, 2.75) is 39.8 Å². The van der Waals surface area contributed by atoms with Crippen LogP contribution in [0.5, 0.6) is 0 Å². The minimum atomic E-state index is -0.484. The average molecular weight is 292 g/mol. The van der Waals surface area contributed by atoms with Gasteiger partial charge in [-0.25, -0.2) is 4.99 Å². The molecular formula is C15H24N4O2. The van der Waals surface area contributed by atoms with Crippen LogP contribution in [-0.2, 0) is 16.1 Å². The molecule has 0 saturated heterocycles. The second-order valence-corrected chi connectivity index (χ2v) is 5.46. The van der Waals surface area contributed by atoms with Crippen molar-refractivity contribution in [2.24, 2.45) is 4.99 Å². The fourth-order valence-corrected chi connectivity index (χ4v) is 1.53. The molecule has 0 bridgehead atoms. The monoisotopic (exact) mass is 292 g/mol. The van der Waals surface area contributed by atoms with Crippen LogP contribution in [0.15, 0.2) is 29.4 Å². The molecule has 1 heterocycles. The van der Waals surface area contributed by atoms with Gasteiger partial charge in [-0.2, -0.15) is 0 Å². The van der Waals surface area contributed by atoms with Crippen LogP contribution in [-0.4, -0.2) is 35.6 Å². The number of carbonyl (C=O) groups is 1. The lowest BCUT2D eigenvalue weighted by atomic mass is 10.2. The van der Waals surface area contributed by atoms with Gasteiger partial charge in [0.05, 0.1) is 12.2 Å². The third kappa shape index (κ3) is 7.91. The highest BCUT2D eigenvalue weighted by Crippen LogP contribution is 2.06. The molecule has 0 aliphatic carbocycles. The first kappa shape index (κ1) is 16.9.